The lowest BCUT2D eigenvalue weighted by Crippen LogP contribution is -2.74. The van der Waals surface area contributed by atoms with Gasteiger partial charge in [-0.15, -0.1) is 0 Å². The van der Waals surface area contributed by atoms with Crippen LogP contribution in [-0.2, 0) is 10.8 Å². The minimum absolute atomic E-state index is 0.113. The highest BCUT2D eigenvalue weighted by Gasteiger charge is 2.43. The van der Waals surface area contributed by atoms with E-state index in [1.54, 1.807) is 0 Å². The Labute approximate surface area is 408 Å². The Kier molecular flexibility index (Phi) is 10.2. The Morgan fingerprint density at radius 2 is 0.565 bits per heavy atom. The molecule has 0 saturated carbocycles. The van der Waals surface area contributed by atoms with Gasteiger partial charge in [0.15, 0.2) is 8.07 Å². The molecule has 0 fully saturated rings. The summed E-state index contributed by atoms with van der Waals surface area (Å²) in [4.78, 5) is 4.88. The van der Waals surface area contributed by atoms with Crippen LogP contribution in [0.25, 0.3) is 22.3 Å². The molecule has 0 bridgehead atoms. The molecule has 69 heavy (non-hydrogen) atoms. The summed E-state index contributed by atoms with van der Waals surface area (Å²) in [5, 5.41) is 5.32. The summed E-state index contributed by atoms with van der Waals surface area (Å²) in [5.74, 6) is 0. The normalized spacial score (nSPS) is 13.7. The van der Waals surface area contributed by atoms with Crippen LogP contribution in [0, 0.1) is 0 Å². The van der Waals surface area contributed by atoms with Crippen LogP contribution in [0.3, 0.4) is 0 Å². The molecule has 0 spiro atoms. The van der Waals surface area contributed by atoms with Crippen molar-refractivity contribution >= 4 is 62.9 Å². The Hall–Kier alpha value is -7.98. The molecule has 0 radical (unpaired) electrons. The molecular weight excluding hydrogens is 849 g/mol. The molecule has 0 amide bonds. The van der Waals surface area contributed by atoms with E-state index >= 15 is 0 Å². The first kappa shape index (κ1) is 42.4. The van der Waals surface area contributed by atoms with Gasteiger partial charge in [-0.2, -0.15) is 0 Å². The van der Waals surface area contributed by atoms with Crippen molar-refractivity contribution in [2.45, 2.75) is 38.5 Å². The van der Waals surface area contributed by atoms with Gasteiger partial charge in [-0.25, -0.2) is 0 Å². The standard InChI is InChI=1S/C66H54N2Si/c1-65(2)61-34-19-17-32-57(61)59-42-38-51(45-63(59)65)67(47-22-9-5-10-23-47)49-36-40-55(41-37-49)69(53-27-13-7-14-28-53,54-29-15-8-16-30-54)56-31-21-26-50(44-56)68(48-24-11-6-12-25-48)52-39-43-60-58-33-18-20-35-62(58)66(3,4)64(60)46-52/h5-46H,1-4H3. The van der Waals surface area contributed by atoms with Crippen molar-refractivity contribution in [1.82, 2.24) is 0 Å². The van der Waals surface area contributed by atoms with Gasteiger partial charge in [0.05, 0.1) is 0 Å². The van der Waals surface area contributed by atoms with Crippen LogP contribution in [0.1, 0.15) is 49.9 Å². The van der Waals surface area contributed by atoms with E-state index in [0.717, 1.165) is 34.1 Å². The maximum absolute atomic E-state index is 2.99. The molecule has 12 rings (SSSR count). The van der Waals surface area contributed by atoms with Crippen molar-refractivity contribution in [3.8, 4) is 22.3 Å². The zero-order chi connectivity index (χ0) is 46.7. The molecule has 10 aromatic rings. The number of para-hydroxylation sites is 2. The highest BCUT2D eigenvalue weighted by Crippen LogP contribution is 2.52. The Balaban J connectivity index is 1.03. The SMILES string of the molecule is CC1(C)c2ccccc2-c2ccc(N(c3ccccc3)c3ccc([Si](c4ccccc4)(c4ccccc4)c4cccc(N(c5ccccc5)c5ccc6c(c5)C(C)(C)c5ccccc5-6)c4)cc3)cc21. The summed E-state index contributed by atoms with van der Waals surface area (Å²) >= 11 is 0. The highest BCUT2D eigenvalue weighted by atomic mass is 28.3. The quantitative estimate of drug-likeness (QED) is 0.0997. The molecule has 3 heteroatoms. The summed E-state index contributed by atoms with van der Waals surface area (Å²) in [6, 6.07) is 95.2. The molecule has 0 unspecified atom stereocenters. The van der Waals surface area contributed by atoms with Gasteiger partial charge < -0.3 is 9.80 Å². The van der Waals surface area contributed by atoms with Crippen LogP contribution in [0.4, 0.5) is 34.1 Å². The molecule has 0 aromatic heterocycles. The van der Waals surface area contributed by atoms with Crippen LogP contribution in [0.5, 0.6) is 0 Å². The zero-order valence-corrected chi connectivity index (χ0v) is 40.6. The zero-order valence-electron chi connectivity index (χ0n) is 39.6. The van der Waals surface area contributed by atoms with Gasteiger partial charge in [0.25, 0.3) is 0 Å². The lowest BCUT2D eigenvalue weighted by molar-refractivity contribution is 0.660. The van der Waals surface area contributed by atoms with Gasteiger partial charge >= 0.3 is 0 Å². The second kappa shape index (κ2) is 16.7. The smallest absolute Gasteiger partial charge is 0.179 e. The van der Waals surface area contributed by atoms with Gasteiger partial charge in [-0.3, -0.25) is 0 Å². The molecule has 0 N–H and O–H groups in total. The topological polar surface area (TPSA) is 6.48 Å². The lowest BCUT2D eigenvalue weighted by atomic mass is 9.82. The summed E-state index contributed by atoms with van der Waals surface area (Å²) in [7, 11) is -2.99. The number of nitrogens with zero attached hydrogens (tertiary/aromatic N) is 2. The molecule has 0 atom stereocenters. The van der Waals surface area contributed by atoms with Crippen molar-refractivity contribution in [3.05, 3.63) is 277 Å². The number of rotatable bonds is 10. The van der Waals surface area contributed by atoms with Crippen LogP contribution in [0.2, 0.25) is 0 Å². The minimum atomic E-state index is -2.99. The first-order valence-corrected chi connectivity index (χ1v) is 26.3. The van der Waals surface area contributed by atoms with Crippen LogP contribution >= 0.6 is 0 Å². The van der Waals surface area contributed by atoms with E-state index in [-0.39, 0.29) is 10.8 Å². The molecule has 2 nitrogen and oxygen atoms in total. The molecule has 332 valence electrons. The molecule has 0 saturated heterocycles. The van der Waals surface area contributed by atoms with E-state index in [0.29, 0.717) is 0 Å². The van der Waals surface area contributed by atoms with Crippen molar-refractivity contribution in [2.75, 3.05) is 9.80 Å². The van der Waals surface area contributed by atoms with E-state index in [9.17, 15) is 0 Å². The first-order chi connectivity index (χ1) is 33.7. The average molecular weight is 903 g/mol. The monoisotopic (exact) mass is 902 g/mol. The van der Waals surface area contributed by atoms with Gasteiger partial charge in [0.1, 0.15) is 0 Å². The van der Waals surface area contributed by atoms with Crippen molar-refractivity contribution in [1.29, 1.82) is 0 Å². The van der Waals surface area contributed by atoms with E-state index < -0.39 is 8.07 Å². The first-order valence-electron chi connectivity index (χ1n) is 24.3. The fourth-order valence-electron chi connectivity index (χ4n) is 11.8. The highest BCUT2D eigenvalue weighted by molar-refractivity contribution is 7.20. The second-order valence-electron chi connectivity index (χ2n) is 19.7. The van der Waals surface area contributed by atoms with Gasteiger partial charge in [-0.05, 0) is 138 Å². The maximum atomic E-state index is 2.49. The molecule has 10 aromatic carbocycles. The Bertz CT molecular complexity index is 3450. The van der Waals surface area contributed by atoms with Gasteiger partial charge in [0.2, 0.25) is 0 Å². The van der Waals surface area contributed by atoms with E-state index in [4.69, 9.17) is 0 Å². The van der Waals surface area contributed by atoms with Crippen LogP contribution in [0.15, 0.2) is 255 Å². The van der Waals surface area contributed by atoms with E-state index in [1.165, 1.54) is 65.3 Å². The van der Waals surface area contributed by atoms with Gasteiger partial charge in [-0.1, -0.05) is 210 Å². The third-order valence-electron chi connectivity index (χ3n) is 15.2. The number of fused-ring (bicyclic) bond motifs is 6. The fraction of sp³-hybridized carbons (Fsp3) is 0.0909. The van der Waals surface area contributed by atoms with Crippen molar-refractivity contribution in [2.24, 2.45) is 0 Å². The number of hydrogen-bond donors (Lipinski definition) is 0. The molecule has 2 aliphatic carbocycles. The van der Waals surface area contributed by atoms with Crippen molar-refractivity contribution in [3.63, 3.8) is 0 Å². The average Bonchev–Trinajstić information content (AvgIpc) is 3.77. The number of benzene rings is 10. The van der Waals surface area contributed by atoms with Crippen molar-refractivity contribution < 1.29 is 0 Å². The Morgan fingerprint density at radius 1 is 0.246 bits per heavy atom. The van der Waals surface area contributed by atoms with E-state index in [1.807, 2.05) is 0 Å². The summed E-state index contributed by atoms with van der Waals surface area (Å²) in [6.45, 7) is 9.45. The predicted molar refractivity (Wildman–Crippen MR) is 295 cm³/mol. The maximum Gasteiger partial charge on any atom is 0.179 e. The second-order valence-corrected chi connectivity index (χ2v) is 23.5. The molecular formula is C66H54N2Si. The largest absolute Gasteiger partial charge is 0.310 e. The predicted octanol–water partition coefficient (Wildman–Crippen LogP) is 14.6. The fourth-order valence-corrected chi connectivity index (χ4v) is 16.6. The van der Waals surface area contributed by atoms with Crippen LogP contribution in [-0.4, -0.2) is 8.07 Å². The van der Waals surface area contributed by atoms with Crippen LogP contribution < -0.4 is 30.5 Å². The number of hydrogen-bond acceptors (Lipinski definition) is 2. The summed E-state index contributed by atoms with van der Waals surface area (Å²) < 4.78 is 0. The minimum Gasteiger partial charge on any atom is -0.310 e. The number of anilines is 6. The third-order valence-corrected chi connectivity index (χ3v) is 20.0. The third kappa shape index (κ3) is 6.83. The van der Waals surface area contributed by atoms with Gasteiger partial charge in [0, 0.05) is 45.0 Å². The summed E-state index contributed by atoms with van der Waals surface area (Å²) in [6.07, 6.45) is 0. The van der Waals surface area contributed by atoms with E-state index in [2.05, 4.69) is 292 Å². The summed E-state index contributed by atoms with van der Waals surface area (Å²) in [5.41, 5.74) is 17.3. The molecule has 0 aliphatic heterocycles. The Morgan fingerprint density at radius 3 is 1.04 bits per heavy atom. The molecule has 2 aliphatic rings. The molecule has 0 heterocycles. The lowest BCUT2D eigenvalue weighted by Gasteiger charge is -2.36.